The van der Waals surface area contributed by atoms with Gasteiger partial charge in [-0.1, -0.05) is 96.8 Å². The first-order valence-corrected chi connectivity index (χ1v) is 12.5. The highest BCUT2D eigenvalue weighted by Gasteiger charge is 2.08. The summed E-state index contributed by atoms with van der Waals surface area (Å²) in [7, 11) is 0. The molecule has 0 unspecified atom stereocenters. The first-order valence-electron chi connectivity index (χ1n) is 12.5. The van der Waals surface area contributed by atoms with Crippen LogP contribution in [0.4, 0.5) is 0 Å². The van der Waals surface area contributed by atoms with Crippen molar-refractivity contribution in [3.63, 3.8) is 0 Å². The minimum atomic E-state index is -0.513. The molecule has 31 heavy (non-hydrogen) atoms. The van der Waals surface area contributed by atoms with Gasteiger partial charge in [0.15, 0.2) is 0 Å². The van der Waals surface area contributed by atoms with E-state index in [1.165, 1.54) is 88.4 Å². The topological polar surface area (TPSA) is 99.1 Å². The number of esters is 1. The Labute approximate surface area is 189 Å². The van der Waals surface area contributed by atoms with Gasteiger partial charge in [-0.05, 0) is 6.42 Å². The number of carbonyl (C=O) groups is 2. The van der Waals surface area contributed by atoms with E-state index >= 15 is 0 Å². The van der Waals surface area contributed by atoms with Gasteiger partial charge in [-0.2, -0.15) is 0 Å². The summed E-state index contributed by atoms with van der Waals surface area (Å²) in [6, 6.07) is 0. The maximum atomic E-state index is 11.8. The number of carbonyl (C=O) groups excluding carboxylic acids is 2. The minimum absolute atomic E-state index is 0.0644. The third-order valence-corrected chi connectivity index (χ3v) is 5.51. The lowest BCUT2D eigenvalue weighted by atomic mass is 10.0. The lowest BCUT2D eigenvalue weighted by molar-refractivity contribution is -0.145. The summed E-state index contributed by atoms with van der Waals surface area (Å²) >= 11 is 0. The third-order valence-electron chi connectivity index (χ3n) is 5.51. The van der Waals surface area contributed by atoms with Gasteiger partial charge >= 0.3 is 5.97 Å². The van der Waals surface area contributed by atoms with Crippen LogP contribution in [0.1, 0.15) is 110 Å². The number of ether oxygens (including phenoxy) is 1. The molecule has 0 fully saturated rings. The Balaban J connectivity index is 3.33. The van der Waals surface area contributed by atoms with Crippen molar-refractivity contribution in [3.05, 3.63) is 0 Å². The van der Waals surface area contributed by atoms with Gasteiger partial charge in [0.25, 0.3) is 0 Å². The standard InChI is InChI=1S/C24H48N2O5/c1-2-3-4-5-6-7-8-9-10-11-12-13-14-15-16-17-23(29)25-20-24(30)31-19-18-26(21-27)22-28/h27-28H,2-22H2,1H3,(H,25,29). The molecular formula is C24H48N2O5. The van der Waals surface area contributed by atoms with E-state index in [9.17, 15) is 9.59 Å². The SMILES string of the molecule is CCCCCCCCCCCCCCCCCC(=O)NCC(=O)OCCN(CO)CO. The van der Waals surface area contributed by atoms with Crippen LogP contribution in [0.2, 0.25) is 0 Å². The van der Waals surface area contributed by atoms with E-state index in [1.54, 1.807) is 0 Å². The Kier molecular flexibility index (Phi) is 22.6. The normalized spacial score (nSPS) is 11.1. The molecule has 0 atom stereocenters. The zero-order valence-corrected chi connectivity index (χ0v) is 19.9. The van der Waals surface area contributed by atoms with Crippen molar-refractivity contribution < 1.29 is 24.5 Å². The quantitative estimate of drug-likeness (QED) is 0.125. The van der Waals surface area contributed by atoms with Crippen LogP contribution in [0, 0.1) is 0 Å². The molecule has 0 aliphatic carbocycles. The number of hydrogen-bond acceptors (Lipinski definition) is 6. The first kappa shape index (κ1) is 29.8. The highest BCUT2D eigenvalue weighted by molar-refractivity contribution is 5.81. The third kappa shape index (κ3) is 21.8. The maximum Gasteiger partial charge on any atom is 0.325 e. The number of unbranched alkanes of at least 4 members (excludes halogenated alkanes) is 14. The van der Waals surface area contributed by atoms with Crippen molar-refractivity contribution >= 4 is 11.9 Å². The zero-order valence-electron chi connectivity index (χ0n) is 19.9. The lowest BCUT2D eigenvalue weighted by Crippen LogP contribution is -2.33. The molecule has 0 bridgehead atoms. The monoisotopic (exact) mass is 444 g/mol. The smallest absolute Gasteiger partial charge is 0.325 e. The van der Waals surface area contributed by atoms with Crippen LogP contribution in [-0.2, 0) is 14.3 Å². The number of amides is 1. The molecule has 3 N–H and O–H groups in total. The fourth-order valence-electron chi connectivity index (χ4n) is 3.44. The van der Waals surface area contributed by atoms with E-state index in [4.69, 9.17) is 14.9 Å². The summed E-state index contributed by atoms with van der Waals surface area (Å²) < 4.78 is 4.94. The highest BCUT2D eigenvalue weighted by Crippen LogP contribution is 2.13. The number of nitrogens with one attached hydrogen (secondary N) is 1. The highest BCUT2D eigenvalue weighted by atomic mass is 16.5. The minimum Gasteiger partial charge on any atom is -0.463 e. The predicted molar refractivity (Wildman–Crippen MR) is 124 cm³/mol. The van der Waals surface area contributed by atoms with Gasteiger partial charge in [0, 0.05) is 13.0 Å². The molecule has 0 aromatic carbocycles. The van der Waals surface area contributed by atoms with Crippen molar-refractivity contribution in [1.29, 1.82) is 0 Å². The Morgan fingerprint density at radius 3 is 1.65 bits per heavy atom. The van der Waals surface area contributed by atoms with E-state index in [2.05, 4.69) is 12.2 Å². The molecule has 0 aliphatic heterocycles. The summed E-state index contributed by atoms with van der Waals surface area (Å²) in [5.41, 5.74) is 0. The molecule has 0 spiro atoms. The Morgan fingerprint density at radius 1 is 0.742 bits per heavy atom. The van der Waals surface area contributed by atoms with Crippen LogP contribution in [-0.4, -0.2) is 60.1 Å². The second kappa shape index (κ2) is 23.5. The van der Waals surface area contributed by atoms with Crippen molar-refractivity contribution in [2.45, 2.75) is 110 Å². The molecule has 0 rings (SSSR count). The summed E-state index contributed by atoms with van der Waals surface area (Å²) in [6.07, 6.45) is 19.8. The fourth-order valence-corrected chi connectivity index (χ4v) is 3.44. The summed E-state index contributed by atoms with van der Waals surface area (Å²) in [5, 5.41) is 20.3. The summed E-state index contributed by atoms with van der Waals surface area (Å²) in [6.45, 7) is 1.82. The van der Waals surface area contributed by atoms with Crippen molar-refractivity contribution in [3.8, 4) is 0 Å². The van der Waals surface area contributed by atoms with E-state index in [1.807, 2.05) is 0 Å². The Hall–Kier alpha value is -1.18. The molecule has 0 saturated carbocycles. The van der Waals surface area contributed by atoms with Gasteiger partial charge in [0.2, 0.25) is 5.91 Å². The van der Waals surface area contributed by atoms with Gasteiger partial charge in [-0.3, -0.25) is 14.5 Å². The van der Waals surface area contributed by atoms with Gasteiger partial charge in [0.1, 0.15) is 13.2 Å². The molecule has 7 nitrogen and oxygen atoms in total. The molecule has 0 saturated heterocycles. The second-order valence-electron chi connectivity index (χ2n) is 8.37. The second-order valence-corrected chi connectivity index (χ2v) is 8.37. The molecule has 0 aromatic rings. The van der Waals surface area contributed by atoms with Gasteiger partial charge in [-0.15, -0.1) is 0 Å². The largest absolute Gasteiger partial charge is 0.463 e. The van der Waals surface area contributed by atoms with Crippen molar-refractivity contribution in [2.75, 3.05) is 33.2 Å². The molecule has 7 heteroatoms. The number of nitrogens with zero attached hydrogens (tertiary/aromatic N) is 1. The summed E-state index contributed by atoms with van der Waals surface area (Å²) in [5.74, 6) is -0.639. The number of hydrogen-bond donors (Lipinski definition) is 3. The maximum absolute atomic E-state index is 11.8. The Bertz CT molecular complexity index is 417. The average Bonchev–Trinajstić information content (AvgIpc) is 2.78. The number of rotatable bonds is 23. The lowest BCUT2D eigenvalue weighted by Gasteiger charge is -2.15. The average molecular weight is 445 g/mol. The van der Waals surface area contributed by atoms with E-state index in [0.717, 1.165) is 12.8 Å². The van der Waals surface area contributed by atoms with E-state index in [0.29, 0.717) is 6.42 Å². The van der Waals surface area contributed by atoms with Crippen LogP contribution in [0.5, 0.6) is 0 Å². The zero-order chi connectivity index (χ0) is 23.0. The van der Waals surface area contributed by atoms with Crippen molar-refractivity contribution in [1.82, 2.24) is 10.2 Å². The molecule has 0 heterocycles. The number of aliphatic hydroxyl groups excluding tert-OH is 2. The number of aliphatic hydroxyl groups is 2. The van der Waals surface area contributed by atoms with Gasteiger partial charge in [0.05, 0.1) is 13.5 Å². The van der Waals surface area contributed by atoms with E-state index in [-0.39, 0.29) is 39.1 Å². The molecule has 0 aromatic heterocycles. The van der Waals surface area contributed by atoms with Gasteiger partial charge < -0.3 is 20.3 Å². The van der Waals surface area contributed by atoms with Gasteiger partial charge in [-0.25, -0.2) is 0 Å². The Morgan fingerprint density at radius 2 is 1.19 bits per heavy atom. The molecule has 184 valence electrons. The summed E-state index contributed by atoms with van der Waals surface area (Å²) in [4.78, 5) is 24.6. The van der Waals surface area contributed by atoms with Crippen LogP contribution in [0.25, 0.3) is 0 Å². The van der Waals surface area contributed by atoms with Crippen LogP contribution in [0.15, 0.2) is 0 Å². The molecule has 0 radical (unpaired) electrons. The molecule has 0 aliphatic rings. The fraction of sp³-hybridized carbons (Fsp3) is 0.917. The van der Waals surface area contributed by atoms with Crippen LogP contribution < -0.4 is 5.32 Å². The van der Waals surface area contributed by atoms with Crippen molar-refractivity contribution in [2.24, 2.45) is 0 Å². The first-order chi connectivity index (χ1) is 15.1. The predicted octanol–water partition coefficient (Wildman–Crippen LogP) is 4.11. The molecular weight excluding hydrogens is 396 g/mol. The molecule has 1 amide bonds. The van der Waals surface area contributed by atoms with Crippen LogP contribution in [0.3, 0.4) is 0 Å². The van der Waals surface area contributed by atoms with E-state index < -0.39 is 5.97 Å². The van der Waals surface area contributed by atoms with Crippen LogP contribution >= 0.6 is 0 Å².